The van der Waals surface area contributed by atoms with E-state index >= 15 is 0 Å². The molecule has 7 atom stereocenters. The van der Waals surface area contributed by atoms with Crippen molar-refractivity contribution in [2.75, 3.05) is 0 Å². The van der Waals surface area contributed by atoms with Crippen molar-refractivity contribution in [3.8, 4) is 0 Å². The van der Waals surface area contributed by atoms with E-state index in [1.807, 2.05) is 0 Å². The highest BCUT2D eigenvalue weighted by Gasteiger charge is 2.57. The normalized spacial score (nSPS) is 54.8. The standard InChI is InChI=1S/C17H30O/c1-10-6-5-7-13(16(10)18)15-9-12-8-14(15)11(2)17(12,3)4/h10-16,18H,5-9H2,1-4H3/t10-,11-,12+,13-,14+,15-,16+/m0/s1. The van der Waals surface area contributed by atoms with Crippen LogP contribution in [-0.4, -0.2) is 11.2 Å². The molecule has 104 valence electrons. The van der Waals surface area contributed by atoms with Crippen molar-refractivity contribution < 1.29 is 5.11 Å². The molecule has 18 heavy (non-hydrogen) atoms. The van der Waals surface area contributed by atoms with E-state index in [-0.39, 0.29) is 6.10 Å². The minimum atomic E-state index is -0.0154. The molecule has 3 fully saturated rings. The summed E-state index contributed by atoms with van der Waals surface area (Å²) < 4.78 is 0. The van der Waals surface area contributed by atoms with E-state index in [9.17, 15) is 5.11 Å². The molecule has 0 aromatic rings. The maximum absolute atomic E-state index is 10.5. The van der Waals surface area contributed by atoms with Gasteiger partial charge in [0.05, 0.1) is 6.10 Å². The molecular formula is C17H30O. The van der Waals surface area contributed by atoms with Crippen LogP contribution in [0.25, 0.3) is 0 Å². The number of hydrogen-bond donors (Lipinski definition) is 1. The van der Waals surface area contributed by atoms with Gasteiger partial charge in [0, 0.05) is 0 Å². The molecule has 0 radical (unpaired) electrons. The SMILES string of the molecule is C[C@H]1CCC[C@@H]([C@@H]2C[C@H]3C[C@@H]2[C@H](C)C3(C)C)[C@@H]1O. The van der Waals surface area contributed by atoms with E-state index in [2.05, 4.69) is 27.7 Å². The second-order valence-corrected chi connectivity index (χ2v) is 8.17. The maximum Gasteiger partial charge on any atom is 0.0596 e. The summed E-state index contributed by atoms with van der Waals surface area (Å²) in [5.41, 5.74) is 0.548. The summed E-state index contributed by atoms with van der Waals surface area (Å²) >= 11 is 0. The van der Waals surface area contributed by atoms with Crippen LogP contribution in [0.15, 0.2) is 0 Å². The number of rotatable bonds is 1. The van der Waals surface area contributed by atoms with Crippen molar-refractivity contribution in [3.63, 3.8) is 0 Å². The molecule has 0 saturated heterocycles. The summed E-state index contributed by atoms with van der Waals surface area (Å²) in [6.07, 6.45) is 6.69. The van der Waals surface area contributed by atoms with Crippen LogP contribution in [0.4, 0.5) is 0 Å². The van der Waals surface area contributed by atoms with Crippen molar-refractivity contribution in [1.29, 1.82) is 0 Å². The second-order valence-electron chi connectivity index (χ2n) is 8.17. The molecule has 0 unspecified atom stereocenters. The molecule has 0 heterocycles. The Morgan fingerprint density at radius 3 is 2.22 bits per heavy atom. The number of aliphatic hydroxyl groups excluding tert-OH is 1. The lowest BCUT2D eigenvalue weighted by atomic mass is 9.60. The van der Waals surface area contributed by atoms with Crippen molar-refractivity contribution >= 4 is 0 Å². The van der Waals surface area contributed by atoms with Gasteiger partial charge in [-0.3, -0.25) is 0 Å². The van der Waals surface area contributed by atoms with Crippen LogP contribution in [0, 0.1) is 40.9 Å². The maximum atomic E-state index is 10.5. The van der Waals surface area contributed by atoms with Gasteiger partial charge in [0.2, 0.25) is 0 Å². The lowest BCUT2D eigenvalue weighted by Gasteiger charge is -2.46. The van der Waals surface area contributed by atoms with E-state index in [1.165, 1.54) is 32.1 Å². The molecule has 3 aliphatic carbocycles. The molecule has 0 spiro atoms. The minimum absolute atomic E-state index is 0.0154. The lowest BCUT2D eigenvalue weighted by Crippen LogP contribution is -2.42. The molecule has 1 nitrogen and oxygen atoms in total. The summed E-state index contributed by atoms with van der Waals surface area (Å²) in [6, 6.07) is 0. The first-order valence-corrected chi connectivity index (χ1v) is 8.11. The minimum Gasteiger partial charge on any atom is -0.393 e. The smallest absolute Gasteiger partial charge is 0.0596 e. The van der Waals surface area contributed by atoms with Crippen LogP contribution in [0.2, 0.25) is 0 Å². The second kappa shape index (κ2) is 4.23. The van der Waals surface area contributed by atoms with Crippen molar-refractivity contribution in [1.82, 2.24) is 0 Å². The van der Waals surface area contributed by atoms with Crippen molar-refractivity contribution in [2.45, 2.75) is 65.9 Å². The van der Waals surface area contributed by atoms with E-state index in [4.69, 9.17) is 0 Å². The third kappa shape index (κ3) is 1.69. The van der Waals surface area contributed by atoms with Crippen molar-refractivity contribution in [2.24, 2.45) is 40.9 Å². The van der Waals surface area contributed by atoms with E-state index in [0.29, 0.717) is 17.3 Å². The quantitative estimate of drug-likeness (QED) is 0.743. The Kier molecular flexibility index (Phi) is 3.05. The summed E-state index contributed by atoms with van der Waals surface area (Å²) in [5.74, 6) is 4.65. The van der Waals surface area contributed by atoms with Crippen LogP contribution in [-0.2, 0) is 0 Å². The van der Waals surface area contributed by atoms with Gasteiger partial charge in [-0.05, 0) is 66.6 Å². The number of fused-ring (bicyclic) bond motifs is 2. The first-order chi connectivity index (χ1) is 8.43. The Balaban J connectivity index is 1.76. The molecule has 3 aliphatic rings. The van der Waals surface area contributed by atoms with Gasteiger partial charge >= 0.3 is 0 Å². The van der Waals surface area contributed by atoms with Crippen LogP contribution >= 0.6 is 0 Å². The largest absolute Gasteiger partial charge is 0.393 e. The van der Waals surface area contributed by atoms with Gasteiger partial charge in [0.15, 0.2) is 0 Å². The first kappa shape index (κ1) is 13.0. The predicted octanol–water partition coefficient (Wildman–Crippen LogP) is 4.10. The zero-order valence-electron chi connectivity index (χ0n) is 12.5. The Morgan fingerprint density at radius 2 is 1.61 bits per heavy atom. The Hall–Kier alpha value is -0.0400. The van der Waals surface area contributed by atoms with Gasteiger partial charge in [-0.1, -0.05) is 34.1 Å². The molecule has 1 heteroatoms. The fraction of sp³-hybridized carbons (Fsp3) is 1.00. The third-order valence-electron chi connectivity index (χ3n) is 7.30. The molecule has 0 aromatic carbocycles. The van der Waals surface area contributed by atoms with Crippen LogP contribution < -0.4 is 0 Å². The molecule has 3 rings (SSSR count). The summed E-state index contributed by atoms with van der Waals surface area (Å²) in [7, 11) is 0. The highest BCUT2D eigenvalue weighted by Crippen LogP contribution is 2.64. The molecule has 3 saturated carbocycles. The zero-order valence-corrected chi connectivity index (χ0v) is 12.5. The average Bonchev–Trinajstić information content (AvgIpc) is 2.83. The van der Waals surface area contributed by atoms with Crippen molar-refractivity contribution in [3.05, 3.63) is 0 Å². The molecule has 2 bridgehead atoms. The van der Waals surface area contributed by atoms with Gasteiger partial charge in [-0.25, -0.2) is 0 Å². The topological polar surface area (TPSA) is 20.2 Å². The van der Waals surface area contributed by atoms with E-state index in [1.54, 1.807) is 0 Å². The Morgan fingerprint density at radius 1 is 0.944 bits per heavy atom. The number of aliphatic hydroxyl groups is 1. The molecule has 1 N–H and O–H groups in total. The summed E-state index contributed by atoms with van der Waals surface area (Å²) in [6.45, 7) is 9.66. The van der Waals surface area contributed by atoms with E-state index in [0.717, 1.165) is 23.7 Å². The van der Waals surface area contributed by atoms with Crippen LogP contribution in [0.3, 0.4) is 0 Å². The Bertz CT molecular complexity index is 318. The highest BCUT2D eigenvalue weighted by molar-refractivity contribution is 5.06. The van der Waals surface area contributed by atoms with Crippen LogP contribution in [0.1, 0.15) is 59.8 Å². The van der Waals surface area contributed by atoms with Gasteiger partial charge in [-0.2, -0.15) is 0 Å². The fourth-order valence-electron chi connectivity index (χ4n) is 5.61. The number of hydrogen-bond acceptors (Lipinski definition) is 1. The first-order valence-electron chi connectivity index (χ1n) is 8.11. The fourth-order valence-corrected chi connectivity index (χ4v) is 5.61. The molecule has 0 aliphatic heterocycles. The predicted molar refractivity (Wildman–Crippen MR) is 75.2 cm³/mol. The zero-order chi connectivity index (χ0) is 13.1. The van der Waals surface area contributed by atoms with Gasteiger partial charge in [0.1, 0.15) is 0 Å². The van der Waals surface area contributed by atoms with Gasteiger partial charge in [-0.15, -0.1) is 0 Å². The van der Waals surface area contributed by atoms with Gasteiger partial charge in [0.25, 0.3) is 0 Å². The third-order valence-corrected chi connectivity index (χ3v) is 7.30. The molecular weight excluding hydrogens is 220 g/mol. The average molecular weight is 250 g/mol. The lowest BCUT2D eigenvalue weighted by molar-refractivity contribution is -0.0365. The molecule has 0 amide bonds. The highest BCUT2D eigenvalue weighted by atomic mass is 16.3. The summed E-state index contributed by atoms with van der Waals surface area (Å²) in [5, 5.41) is 10.5. The monoisotopic (exact) mass is 250 g/mol. The summed E-state index contributed by atoms with van der Waals surface area (Å²) in [4.78, 5) is 0. The Labute approximate surface area is 112 Å². The van der Waals surface area contributed by atoms with E-state index < -0.39 is 0 Å². The van der Waals surface area contributed by atoms with Gasteiger partial charge < -0.3 is 5.11 Å². The van der Waals surface area contributed by atoms with Crippen LogP contribution in [0.5, 0.6) is 0 Å². The molecule has 0 aromatic heterocycles.